The number of hydrogen-bond donors (Lipinski definition) is 1. The molecule has 2 atom stereocenters. The molecule has 0 aromatic rings. The van der Waals surface area contributed by atoms with Gasteiger partial charge in [-0.25, -0.2) is 0 Å². The van der Waals surface area contributed by atoms with Crippen LogP contribution in [0.4, 0.5) is 0 Å². The van der Waals surface area contributed by atoms with Crippen molar-refractivity contribution < 1.29 is 9.47 Å². The first-order valence-corrected chi connectivity index (χ1v) is 4.66. The van der Waals surface area contributed by atoms with E-state index in [9.17, 15) is 0 Å². The molecule has 0 aromatic heterocycles. The molecular weight excluding hydrogens is 188 g/mol. The molecule has 0 bridgehead atoms. The van der Waals surface area contributed by atoms with Crippen LogP contribution in [0.3, 0.4) is 0 Å². The summed E-state index contributed by atoms with van der Waals surface area (Å²) >= 11 is 5.12. The van der Waals surface area contributed by atoms with Crippen LogP contribution in [-0.2, 0) is 9.47 Å². The monoisotopic (exact) mass is 204 g/mol. The highest BCUT2D eigenvalue weighted by Gasteiger charge is 2.33. The van der Waals surface area contributed by atoms with Gasteiger partial charge in [-0.2, -0.15) is 0 Å². The van der Waals surface area contributed by atoms with Gasteiger partial charge in [-0.3, -0.25) is 0 Å². The molecule has 1 N–H and O–H groups in total. The molecule has 76 valence electrons. The van der Waals surface area contributed by atoms with E-state index in [1.807, 2.05) is 7.05 Å². The zero-order valence-electron chi connectivity index (χ0n) is 8.24. The van der Waals surface area contributed by atoms with Crippen LogP contribution in [0.15, 0.2) is 0 Å². The molecule has 0 amide bonds. The van der Waals surface area contributed by atoms with Gasteiger partial charge in [-0.05, 0) is 12.2 Å². The van der Waals surface area contributed by atoms with Crippen molar-refractivity contribution in [3.05, 3.63) is 0 Å². The quantitative estimate of drug-likeness (QED) is 0.632. The first kappa shape index (κ1) is 10.7. The summed E-state index contributed by atoms with van der Waals surface area (Å²) in [7, 11) is 5.22. The third-order valence-electron chi connectivity index (χ3n) is 2.32. The van der Waals surface area contributed by atoms with Crippen molar-refractivity contribution in [2.75, 3.05) is 34.4 Å². The molecule has 13 heavy (non-hydrogen) atoms. The second-order valence-corrected chi connectivity index (χ2v) is 3.40. The second kappa shape index (κ2) is 4.74. The molecule has 0 radical (unpaired) electrons. The van der Waals surface area contributed by atoms with Gasteiger partial charge in [0.2, 0.25) is 0 Å². The molecule has 1 aliphatic rings. The maximum Gasteiger partial charge on any atom is 0.168 e. The second-order valence-electron chi connectivity index (χ2n) is 3.01. The summed E-state index contributed by atoms with van der Waals surface area (Å²) in [5.41, 5.74) is 0. The molecule has 0 aromatic carbocycles. The maximum absolute atomic E-state index is 5.29. The molecule has 1 fully saturated rings. The van der Waals surface area contributed by atoms with E-state index in [1.165, 1.54) is 0 Å². The normalized spacial score (nSPS) is 27.8. The molecule has 1 saturated heterocycles. The Labute approximate surface area is 84.2 Å². The molecule has 5 heteroatoms. The molecule has 0 spiro atoms. The maximum atomic E-state index is 5.29. The molecule has 1 aliphatic heterocycles. The van der Waals surface area contributed by atoms with Crippen LogP contribution >= 0.6 is 12.2 Å². The van der Waals surface area contributed by atoms with Crippen molar-refractivity contribution >= 4 is 17.3 Å². The number of likely N-dealkylation sites (tertiary alicyclic amines) is 1. The third-order valence-corrected chi connectivity index (χ3v) is 2.78. The van der Waals surface area contributed by atoms with Gasteiger partial charge >= 0.3 is 0 Å². The van der Waals surface area contributed by atoms with Crippen molar-refractivity contribution in [2.24, 2.45) is 0 Å². The molecule has 1 rings (SSSR count). The standard InChI is InChI=1S/C8H16N2O2S/c1-9-8(13)10-4-6(11-2)7(5-10)12-3/h6-7H,4-5H2,1-3H3,(H,9,13). The van der Waals surface area contributed by atoms with Crippen LogP contribution in [-0.4, -0.2) is 56.6 Å². The van der Waals surface area contributed by atoms with E-state index in [1.54, 1.807) is 14.2 Å². The Hall–Kier alpha value is -0.390. The van der Waals surface area contributed by atoms with E-state index in [-0.39, 0.29) is 12.2 Å². The number of nitrogens with zero attached hydrogens (tertiary/aromatic N) is 1. The number of methoxy groups -OCH3 is 2. The van der Waals surface area contributed by atoms with Crippen molar-refractivity contribution in [3.8, 4) is 0 Å². The van der Waals surface area contributed by atoms with E-state index >= 15 is 0 Å². The lowest BCUT2D eigenvalue weighted by atomic mass is 10.3. The van der Waals surface area contributed by atoms with Gasteiger partial charge < -0.3 is 19.7 Å². The summed E-state index contributed by atoms with van der Waals surface area (Å²) in [6.45, 7) is 1.60. The van der Waals surface area contributed by atoms with Gasteiger partial charge in [0.15, 0.2) is 5.11 Å². The van der Waals surface area contributed by atoms with E-state index in [0.29, 0.717) is 0 Å². The zero-order valence-corrected chi connectivity index (χ0v) is 9.06. The zero-order chi connectivity index (χ0) is 9.84. The Bertz CT molecular complexity index is 177. The third kappa shape index (κ3) is 2.30. The van der Waals surface area contributed by atoms with E-state index in [4.69, 9.17) is 21.7 Å². The minimum atomic E-state index is 0.122. The van der Waals surface area contributed by atoms with Crippen LogP contribution in [0, 0.1) is 0 Å². The van der Waals surface area contributed by atoms with Crippen LogP contribution in [0.2, 0.25) is 0 Å². The number of rotatable bonds is 2. The molecular formula is C8H16N2O2S. The van der Waals surface area contributed by atoms with Crippen molar-refractivity contribution in [3.63, 3.8) is 0 Å². The average molecular weight is 204 g/mol. The highest BCUT2D eigenvalue weighted by atomic mass is 32.1. The SMILES string of the molecule is CNC(=S)N1CC(OC)C(OC)C1. The average Bonchev–Trinajstić information content (AvgIpc) is 2.59. The number of hydrogen-bond acceptors (Lipinski definition) is 3. The molecule has 2 unspecified atom stereocenters. The topological polar surface area (TPSA) is 33.7 Å². The molecule has 1 heterocycles. The van der Waals surface area contributed by atoms with Gasteiger partial charge in [-0.1, -0.05) is 0 Å². The summed E-state index contributed by atoms with van der Waals surface area (Å²) in [5, 5.41) is 3.69. The summed E-state index contributed by atoms with van der Waals surface area (Å²) in [4.78, 5) is 2.05. The predicted molar refractivity (Wildman–Crippen MR) is 54.8 cm³/mol. The van der Waals surface area contributed by atoms with Gasteiger partial charge in [0, 0.05) is 34.4 Å². The minimum Gasteiger partial charge on any atom is -0.377 e. The van der Waals surface area contributed by atoms with E-state index in [0.717, 1.165) is 18.2 Å². The van der Waals surface area contributed by atoms with Gasteiger partial charge in [0.25, 0.3) is 0 Å². The fourth-order valence-electron chi connectivity index (χ4n) is 1.52. The lowest BCUT2D eigenvalue weighted by Gasteiger charge is -2.17. The first-order valence-electron chi connectivity index (χ1n) is 4.25. The first-order chi connectivity index (χ1) is 6.22. The van der Waals surface area contributed by atoms with Crippen LogP contribution in [0.1, 0.15) is 0 Å². The molecule has 0 aliphatic carbocycles. The number of thiocarbonyl (C=S) groups is 1. The van der Waals surface area contributed by atoms with Gasteiger partial charge in [-0.15, -0.1) is 0 Å². The smallest absolute Gasteiger partial charge is 0.168 e. The fraction of sp³-hybridized carbons (Fsp3) is 0.875. The largest absolute Gasteiger partial charge is 0.377 e. The number of ether oxygens (including phenoxy) is 2. The Kier molecular flexibility index (Phi) is 3.90. The predicted octanol–water partition coefficient (Wildman–Crippen LogP) is -0.164. The minimum absolute atomic E-state index is 0.122. The highest BCUT2D eigenvalue weighted by Crippen LogP contribution is 2.15. The summed E-state index contributed by atoms with van der Waals surface area (Å²) in [6.07, 6.45) is 0.243. The Morgan fingerprint density at radius 1 is 1.31 bits per heavy atom. The van der Waals surface area contributed by atoms with Gasteiger partial charge in [0.1, 0.15) is 12.2 Å². The lowest BCUT2D eigenvalue weighted by Crippen LogP contribution is -2.36. The number of nitrogens with one attached hydrogen (secondary N) is 1. The van der Waals surface area contributed by atoms with Crippen LogP contribution < -0.4 is 5.32 Å². The Morgan fingerprint density at radius 3 is 2.08 bits per heavy atom. The molecule has 0 saturated carbocycles. The summed E-state index contributed by atoms with van der Waals surface area (Å²) in [6, 6.07) is 0. The summed E-state index contributed by atoms with van der Waals surface area (Å²) in [5.74, 6) is 0. The van der Waals surface area contributed by atoms with Crippen molar-refractivity contribution in [1.29, 1.82) is 0 Å². The fourth-order valence-corrected chi connectivity index (χ4v) is 1.67. The van der Waals surface area contributed by atoms with Crippen LogP contribution in [0.25, 0.3) is 0 Å². The molecule has 4 nitrogen and oxygen atoms in total. The highest BCUT2D eigenvalue weighted by molar-refractivity contribution is 7.80. The Balaban J connectivity index is 2.52. The van der Waals surface area contributed by atoms with Crippen molar-refractivity contribution in [1.82, 2.24) is 10.2 Å². The van der Waals surface area contributed by atoms with E-state index < -0.39 is 0 Å². The van der Waals surface area contributed by atoms with Gasteiger partial charge in [0.05, 0.1) is 0 Å². The van der Waals surface area contributed by atoms with E-state index in [2.05, 4.69) is 10.2 Å². The Morgan fingerprint density at radius 2 is 1.77 bits per heavy atom. The lowest BCUT2D eigenvalue weighted by molar-refractivity contribution is -0.00461. The van der Waals surface area contributed by atoms with Crippen molar-refractivity contribution in [2.45, 2.75) is 12.2 Å². The van der Waals surface area contributed by atoms with Crippen LogP contribution in [0.5, 0.6) is 0 Å². The summed E-state index contributed by atoms with van der Waals surface area (Å²) < 4.78 is 10.6.